The molecule has 2 saturated heterocycles. The van der Waals surface area contributed by atoms with Crippen molar-refractivity contribution in [2.75, 3.05) is 19.6 Å². The summed E-state index contributed by atoms with van der Waals surface area (Å²) in [5.74, 6) is -0.126. The van der Waals surface area contributed by atoms with Gasteiger partial charge in [0.1, 0.15) is 5.82 Å². The highest BCUT2D eigenvalue weighted by atomic mass is 79.9. The molecule has 2 aliphatic rings. The maximum Gasteiger partial charge on any atom is 0.258 e. The van der Waals surface area contributed by atoms with E-state index in [0.717, 1.165) is 26.1 Å². The molecule has 5 heteroatoms. The standard InChI is InChI=1S/C13H14BrFN2O/c14-9-2-1-3-10(15)12(9)13(18)17-5-4-8-6-16-7-11(8)17/h1-3,8,11,16H,4-7H2/t8-,11+/m0/s1. The van der Waals surface area contributed by atoms with Crippen LogP contribution in [0.3, 0.4) is 0 Å². The number of likely N-dealkylation sites (tertiary alicyclic amines) is 1. The van der Waals surface area contributed by atoms with Gasteiger partial charge in [0.15, 0.2) is 0 Å². The monoisotopic (exact) mass is 312 g/mol. The Morgan fingerprint density at radius 3 is 3.06 bits per heavy atom. The fourth-order valence-corrected chi connectivity index (χ4v) is 3.46. The van der Waals surface area contributed by atoms with Crippen molar-refractivity contribution in [3.8, 4) is 0 Å². The predicted octanol–water partition coefficient (Wildman–Crippen LogP) is 2.02. The Labute approximate surface area is 113 Å². The smallest absolute Gasteiger partial charge is 0.258 e. The zero-order valence-corrected chi connectivity index (χ0v) is 11.4. The van der Waals surface area contributed by atoms with E-state index in [2.05, 4.69) is 21.2 Å². The molecule has 1 amide bonds. The van der Waals surface area contributed by atoms with Crippen molar-refractivity contribution in [2.24, 2.45) is 5.92 Å². The molecule has 0 aromatic heterocycles. The molecule has 1 aromatic carbocycles. The van der Waals surface area contributed by atoms with Crippen LogP contribution in [0, 0.1) is 11.7 Å². The highest BCUT2D eigenvalue weighted by molar-refractivity contribution is 9.10. The normalized spacial score (nSPS) is 26.4. The average molecular weight is 313 g/mol. The summed E-state index contributed by atoms with van der Waals surface area (Å²) < 4.78 is 14.3. The summed E-state index contributed by atoms with van der Waals surface area (Å²) in [6.07, 6.45) is 1.01. The van der Waals surface area contributed by atoms with Crippen LogP contribution in [0.1, 0.15) is 16.8 Å². The predicted molar refractivity (Wildman–Crippen MR) is 69.9 cm³/mol. The second kappa shape index (κ2) is 4.63. The number of benzene rings is 1. The van der Waals surface area contributed by atoms with E-state index in [4.69, 9.17) is 0 Å². The Bertz CT molecular complexity index is 474. The van der Waals surface area contributed by atoms with Crippen LogP contribution in [0.2, 0.25) is 0 Å². The van der Waals surface area contributed by atoms with Crippen LogP contribution >= 0.6 is 15.9 Å². The molecule has 3 rings (SSSR count). The van der Waals surface area contributed by atoms with E-state index in [1.54, 1.807) is 12.1 Å². The summed E-state index contributed by atoms with van der Waals surface area (Å²) >= 11 is 3.26. The van der Waals surface area contributed by atoms with Gasteiger partial charge in [0.05, 0.1) is 5.56 Å². The Balaban J connectivity index is 1.91. The van der Waals surface area contributed by atoms with Crippen molar-refractivity contribution in [1.82, 2.24) is 10.2 Å². The number of amides is 1. The third kappa shape index (κ3) is 1.86. The number of rotatable bonds is 1. The maximum absolute atomic E-state index is 13.8. The van der Waals surface area contributed by atoms with Crippen molar-refractivity contribution in [1.29, 1.82) is 0 Å². The van der Waals surface area contributed by atoms with Gasteiger partial charge in [0.25, 0.3) is 5.91 Å². The van der Waals surface area contributed by atoms with E-state index in [1.807, 2.05) is 4.90 Å². The molecule has 96 valence electrons. The largest absolute Gasteiger partial charge is 0.334 e. The van der Waals surface area contributed by atoms with Gasteiger partial charge in [-0.2, -0.15) is 0 Å². The van der Waals surface area contributed by atoms with Gasteiger partial charge >= 0.3 is 0 Å². The van der Waals surface area contributed by atoms with Crippen LogP contribution in [0.4, 0.5) is 4.39 Å². The Hall–Kier alpha value is -0.940. The van der Waals surface area contributed by atoms with Gasteiger partial charge in [-0.1, -0.05) is 6.07 Å². The summed E-state index contributed by atoms with van der Waals surface area (Å²) in [5.41, 5.74) is 0.157. The minimum Gasteiger partial charge on any atom is -0.334 e. The lowest BCUT2D eigenvalue weighted by molar-refractivity contribution is 0.0731. The molecular weight excluding hydrogens is 299 g/mol. The average Bonchev–Trinajstić information content (AvgIpc) is 2.89. The highest BCUT2D eigenvalue weighted by Gasteiger charge is 2.40. The van der Waals surface area contributed by atoms with E-state index in [1.165, 1.54) is 6.07 Å². The first-order valence-corrected chi connectivity index (χ1v) is 6.93. The van der Waals surface area contributed by atoms with Crippen LogP contribution in [0.25, 0.3) is 0 Å². The molecule has 1 N–H and O–H groups in total. The summed E-state index contributed by atoms with van der Waals surface area (Å²) in [7, 11) is 0. The number of fused-ring (bicyclic) bond motifs is 1. The lowest BCUT2D eigenvalue weighted by atomic mass is 10.0. The third-order valence-electron chi connectivity index (χ3n) is 3.88. The van der Waals surface area contributed by atoms with Crippen LogP contribution in [-0.2, 0) is 0 Å². The number of carbonyl (C=O) groups is 1. The van der Waals surface area contributed by atoms with E-state index < -0.39 is 5.82 Å². The molecule has 18 heavy (non-hydrogen) atoms. The maximum atomic E-state index is 13.8. The fraction of sp³-hybridized carbons (Fsp3) is 0.462. The molecular formula is C13H14BrFN2O. The summed E-state index contributed by atoms with van der Waals surface area (Å²) in [6, 6.07) is 4.86. The van der Waals surface area contributed by atoms with Crippen LogP contribution < -0.4 is 5.32 Å². The molecule has 2 fully saturated rings. The highest BCUT2D eigenvalue weighted by Crippen LogP contribution is 2.30. The van der Waals surface area contributed by atoms with E-state index in [-0.39, 0.29) is 17.5 Å². The molecule has 2 aliphatic heterocycles. The molecule has 2 atom stereocenters. The van der Waals surface area contributed by atoms with Crippen molar-refractivity contribution >= 4 is 21.8 Å². The van der Waals surface area contributed by atoms with Crippen LogP contribution in [0.15, 0.2) is 22.7 Å². The number of nitrogens with zero attached hydrogens (tertiary/aromatic N) is 1. The Kier molecular flexibility index (Phi) is 3.11. The molecule has 0 aliphatic carbocycles. The quantitative estimate of drug-likeness (QED) is 0.860. The minimum atomic E-state index is -0.455. The zero-order chi connectivity index (χ0) is 12.7. The second-order valence-electron chi connectivity index (χ2n) is 4.87. The molecule has 0 saturated carbocycles. The zero-order valence-electron chi connectivity index (χ0n) is 9.83. The number of hydrogen-bond donors (Lipinski definition) is 1. The lowest BCUT2D eigenvalue weighted by Gasteiger charge is -2.24. The SMILES string of the molecule is O=C(c1c(F)cccc1Br)N1CC[C@H]2CNC[C@H]21. The summed E-state index contributed by atoms with van der Waals surface area (Å²) in [4.78, 5) is 14.3. The Morgan fingerprint density at radius 1 is 1.44 bits per heavy atom. The van der Waals surface area contributed by atoms with Crippen LogP contribution in [0.5, 0.6) is 0 Å². The van der Waals surface area contributed by atoms with Gasteiger partial charge in [-0.15, -0.1) is 0 Å². The van der Waals surface area contributed by atoms with Crippen molar-refractivity contribution in [3.63, 3.8) is 0 Å². The second-order valence-corrected chi connectivity index (χ2v) is 5.72. The topological polar surface area (TPSA) is 32.3 Å². The van der Waals surface area contributed by atoms with Crippen molar-refractivity contribution in [3.05, 3.63) is 34.1 Å². The molecule has 0 spiro atoms. The van der Waals surface area contributed by atoms with Crippen molar-refractivity contribution < 1.29 is 9.18 Å². The first kappa shape index (κ1) is 12.1. The van der Waals surface area contributed by atoms with Gasteiger partial charge in [-0.05, 0) is 40.4 Å². The molecule has 2 heterocycles. The third-order valence-corrected chi connectivity index (χ3v) is 4.54. The van der Waals surface area contributed by atoms with E-state index in [9.17, 15) is 9.18 Å². The molecule has 0 bridgehead atoms. The van der Waals surface area contributed by atoms with Gasteiger partial charge in [-0.25, -0.2) is 4.39 Å². The van der Waals surface area contributed by atoms with E-state index in [0.29, 0.717) is 10.4 Å². The summed E-state index contributed by atoms with van der Waals surface area (Å²) in [5, 5.41) is 3.29. The number of halogens is 2. The lowest BCUT2D eigenvalue weighted by Crippen LogP contribution is -2.39. The summed E-state index contributed by atoms with van der Waals surface area (Å²) in [6.45, 7) is 2.52. The first-order chi connectivity index (χ1) is 8.68. The first-order valence-electron chi connectivity index (χ1n) is 6.14. The van der Waals surface area contributed by atoms with Gasteiger partial charge < -0.3 is 10.2 Å². The molecule has 0 radical (unpaired) electrons. The molecule has 3 nitrogen and oxygen atoms in total. The number of carbonyl (C=O) groups excluding carboxylic acids is 1. The van der Waals surface area contributed by atoms with Crippen LogP contribution in [-0.4, -0.2) is 36.5 Å². The molecule has 0 unspecified atom stereocenters. The number of hydrogen-bond acceptors (Lipinski definition) is 2. The minimum absolute atomic E-state index is 0.157. The Morgan fingerprint density at radius 2 is 2.28 bits per heavy atom. The number of nitrogens with one attached hydrogen (secondary N) is 1. The van der Waals surface area contributed by atoms with Gasteiger partial charge in [-0.3, -0.25) is 4.79 Å². The van der Waals surface area contributed by atoms with Gasteiger partial charge in [0.2, 0.25) is 0 Å². The van der Waals surface area contributed by atoms with E-state index >= 15 is 0 Å². The molecule has 1 aromatic rings. The fourth-order valence-electron chi connectivity index (χ4n) is 2.95. The van der Waals surface area contributed by atoms with Gasteiger partial charge in [0, 0.05) is 30.1 Å². The van der Waals surface area contributed by atoms with Crippen molar-refractivity contribution in [2.45, 2.75) is 12.5 Å².